The predicted octanol–water partition coefficient (Wildman–Crippen LogP) is 1.59. The Morgan fingerprint density at radius 2 is 2.36 bits per heavy atom. The van der Waals surface area contributed by atoms with Gasteiger partial charge in [-0.25, -0.2) is 4.79 Å². The summed E-state index contributed by atoms with van der Waals surface area (Å²) in [6, 6.07) is -0.653. The van der Waals surface area contributed by atoms with E-state index in [1.807, 2.05) is 20.8 Å². The summed E-state index contributed by atoms with van der Waals surface area (Å²) < 4.78 is 7.34. The first-order valence-corrected chi connectivity index (χ1v) is 7.71. The maximum absolute atomic E-state index is 12.0. The number of rotatable bonds is 5. The van der Waals surface area contributed by atoms with E-state index in [4.69, 9.17) is 4.74 Å². The predicted molar refractivity (Wildman–Crippen MR) is 83.7 cm³/mol. The van der Waals surface area contributed by atoms with Gasteiger partial charge in [-0.1, -0.05) is 20.8 Å². The fourth-order valence-electron chi connectivity index (χ4n) is 2.39. The summed E-state index contributed by atoms with van der Waals surface area (Å²) in [5.41, 5.74) is 0.414. The zero-order valence-corrected chi connectivity index (χ0v) is 13.5. The molecule has 1 fully saturated rings. The summed E-state index contributed by atoms with van der Waals surface area (Å²) in [7, 11) is 0. The molecule has 0 aromatic carbocycles. The minimum Gasteiger partial charge on any atom is -0.394 e. The third kappa shape index (κ3) is 4.71. The van der Waals surface area contributed by atoms with Gasteiger partial charge >= 0.3 is 6.03 Å². The maximum Gasteiger partial charge on any atom is 0.319 e. The first-order chi connectivity index (χ1) is 10.4. The molecule has 2 atom stereocenters. The number of nitrogens with zero attached hydrogens (tertiary/aromatic N) is 2. The highest BCUT2D eigenvalue weighted by molar-refractivity contribution is 5.89. The first-order valence-electron chi connectivity index (χ1n) is 7.71. The second-order valence-corrected chi connectivity index (χ2v) is 6.79. The average molecular weight is 310 g/mol. The van der Waals surface area contributed by atoms with Gasteiger partial charge in [-0.3, -0.25) is 4.68 Å². The van der Waals surface area contributed by atoms with E-state index < -0.39 is 0 Å². The summed E-state index contributed by atoms with van der Waals surface area (Å²) in [5.74, 6) is 0. The highest BCUT2D eigenvalue weighted by atomic mass is 16.5. The minimum absolute atomic E-state index is 0.102. The Balaban J connectivity index is 1.85. The van der Waals surface area contributed by atoms with Crippen molar-refractivity contribution in [3.63, 3.8) is 0 Å². The quantitative estimate of drug-likeness (QED) is 0.770. The van der Waals surface area contributed by atoms with Crippen LogP contribution in [0.15, 0.2) is 12.4 Å². The Labute approximate surface area is 131 Å². The Kier molecular flexibility index (Phi) is 5.42. The second kappa shape index (κ2) is 7.11. The zero-order chi connectivity index (χ0) is 16.2. The molecular weight excluding hydrogens is 284 g/mol. The van der Waals surface area contributed by atoms with E-state index in [-0.39, 0.29) is 30.2 Å². The van der Waals surface area contributed by atoms with Gasteiger partial charge in [0.1, 0.15) is 0 Å². The van der Waals surface area contributed by atoms with Crippen molar-refractivity contribution in [1.29, 1.82) is 0 Å². The average Bonchev–Trinajstić information content (AvgIpc) is 3.07. The number of carbonyl (C=O) groups is 1. The monoisotopic (exact) mass is 310 g/mol. The first kappa shape index (κ1) is 16.8. The minimum atomic E-state index is -0.342. The van der Waals surface area contributed by atoms with E-state index in [0.29, 0.717) is 12.2 Å². The topological polar surface area (TPSA) is 88.4 Å². The van der Waals surface area contributed by atoms with E-state index in [1.165, 1.54) is 0 Å². The number of anilines is 1. The summed E-state index contributed by atoms with van der Waals surface area (Å²) in [5, 5.41) is 19.1. The number of aliphatic hydroxyl groups is 1. The molecule has 1 aliphatic rings. The summed E-state index contributed by atoms with van der Waals surface area (Å²) in [6.45, 7) is 7.31. The molecule has 1 unspecified atom stereocenters. The second-order valence-electron chi connectivity index (χ2n) is 6.79. The molecule has 7 heteroatoms. The van der Waals surface area contributed by atoms with Crippen LogP contribution in [0.1, 0.15) is 33.6 Å². The lowest BCUT2D eigenvalue weighted by Crippen LogP contribution is -2.47. The number of carbonyl (C=O) groups excluding carboxylic acids is 1. The molecule has 1 aromatic rings. The van der Waals surface area contributed by atoms with Gasteiger partial charge < -0.3 is 20.5 Å². The number of hydrogen-bond donors (Lipinski definition) is 3. The van der Waals surface area contributed by atoms with Crippen molar-refractivity contribution in [3.05, 3.63) is 12.4 Å². The number of aliphatic hydroxyl groups excluding tert-OH is 1. The zero-order valence-electron chi connectivity index (χ0n) is 13.5. The Morgan fingerprint density at radius 1 is 1.59 bits per heavy atom. The molecule has 0 spiro atoms. The molecule has 0 saturated carbocycles. The Bertz CT molecular complexity index is 489. The lowest BCUT2D eigenvalue weighted by molar-refractivity contribution is 0.0940. The summed E-state index contributed by atoms with van der Waals surface area (Å²) in [6.07, 6.45) is 5.74. The molecule has 22 heavy (non-hydrogen) atoms. The van der Waals surface area contributed by atoms with Crippen molar-refractivity contribution in [2.45, 2.75) is 52.3 Å². The van der Waals surface area contributed by atoms with Crippen LogP contribution >= 0.6 is 0 Å². The third-order valence-corrected chi connectivity index (χ3v) is 3.84. The molecule has 1 aromatic heterocycles. The van der Waals surface area contributed by atoms with E-state index in [2.05, 4.69) is 15.7 Å². The summed E-state index contributed by atoms with van der Waals surface area (Å²) >= 11 is 0. The molecular formula is C15H26N4O3. The van der Waals surface area contributed by atoms with E-state index in [9.17, 15) is 9.90 Å². The molecule has 1 aliphatic heterocycles. The number of ether oxygens (including phenoxy) is 1. The van der Waals surface area contributed by atoms with Crippen LogP contribution < -0.4 is 10.6 Å². The van der Waals surface area contributed by atoms with Crippen molar-refractivity contribution >= 4 is 11.7 Å². The largest absolute Gasteiger partial charge is 0.394 e. The molecule has 1 saturated heterocycles. The molecule has 3 N–H and O–H groups in total. The fraction of sp³-hybridized carbons (Fsp3) is 0.733. The number of aromatic nitrogens is 2. The lowest BCUT2D eigenvalue weighted by Gasteiger charge is -2.29. The van der Waals surface area contributed by atoms with Crippen molar-refractivity contribution in [2.24, 2.45) is 5.41 Å². The van der Waals surface area contributed by atoms with Crippen molar-refractivity contribution in [1.82, 2.24) is 15.1 Å². The maximum atomic E-state index is 12.0. The fourth-order valence-corrected chi connectivity index (χ4v) is 2.39. The van der Waals surface area contributed by atoms with Crippen molar-refractivity contribution in [3.8, 4) is 0 Å². The standard InChI is InChI=1S/C15H26N4O3/c1-15(2,3)13(10-20)18-14(21)17-11-7-16-19(8-11)9-12-5-4-6-22-12/h7-8,12-13,20H,4-6,9-10H2,1-3H3,(H2,17,18,21)/t12?,13-/m1/s1. The number of amides is 2. The van der Waals surface area contributed by atoms with E-state index in [1.54, 1.807) is 17.1 Å². The van der Waals surface area contributed by atoms with Crippen LogP contribution in [0.5, 0.6) is 0 Å². The molecule has 0 radical (unpaired) electrons. The van der Waals surface area contributed by atoms with Crippen LogP contribution in [0.25, 0.3) is 0 Å². The highest BCUT2D eigenvalue weighted by Crippen LogP contribution is 2.19. The van der Waals surface area contributed by atoms with Gasteiger partial charge in [-0.2, -0.15) is 5.10 Å². The van der Waals surface area contributed by atoms with Gasteiger partial charge in [0.25, 0.3) is 0 Å². The van der Waals surface area contributed by atoms with E-state index in [0.717, 1.165) is 19.4 Å². The van der Waals surface area contributed by atoms with Crippen molar-refractivity contribution < 1.29 is 14.6 Å². The van der Waals surface area contributed by atoms with Gasteiger partial charge in [0.15, 0.2) is 0 Å². The molecule has 2 rings (SSSR count). The Morgan fingerprint density at radius 3 is 2.95 bits per heavy atom. The summed E-state index contributed by atoms with van der Waals surface area (Å²) in [4.78, 5) is 12.0. The SMILES string of the molecule is CC(C)(C)[C@@H](CO)NC(=O)Nc1cnn(CC2CCCO2)c1. The molecule has 2 heterocycles. The highest BCUT2D eigenvalue weighted by Gasteiger charge is 2.25. The van der Waals surface area contributed by atoms with Crippen LogP contribution in [0.3, 0.4) is 0 Å². The number of nitrogens with one attached hydrogen (secondary N) is 2. The molecule has 7 nitrogen and oxygen atoms in total. The van der Waals surface area contributed by atoms with Gasteiger partial charge in [-0.05, 0) is 18.3 Å². The van der Waals surface area contributed by atoms with Gasteiger partial charge in [0.2, 0.25) is 0 Å². The normalized spacial score (nSPS) is 19.9. The van der Waals surface area contributed by atoms with Gasteiger partial charge in [-0.15, -0.1) is 0 Å². The molecule has 0 bridgehead atoms. The number of hydrogen-bond acceptors (Lipinski definition) is 4. The molecule has 124 valence electrons. The Hall–Kier alpha value is -1.60. The van der Waals surface area contributed by atoms with Gasteiger partial charge in [0.05, 0.1) is 37.2 Å². The van der Waals surface area contributed by atoms with Crippen molar-refractivity contribution in [2.75, 3.05) is 18.5 Å². The van der Waals surface area contributed by atoms with Crippen LogP contribution in [-0.2, 0) is 11.3 Å². The van der Waals surface area contributed by atoms with Crippen LogP contribution in [0.2, 0.25) is 0 Å². The van der Waals surface area contributed by atoms with Gasteiger partial charge in [0, 0.05) is 12.8 Å². The third-order valence-electron chi connectivity index (χ3n) is 3.84. The van der Waals surface area contributed by atoms with E-state index >= 15 is 0 Å². The lowest BCUT2D eigenvalue weighted by atomic mass is 9.87. The van der Waals surface area contributed by atoms with Crippen LogP contribution in [0.4, 0.5) is 10.5 Å². The smallest absolute Gasteiger partial charge is 0.319 e. The number of urea groups is 1. The molecule has 2 amide bonds. The van der Waals surface area contributed by atoms with Crippen LogP contribution in [-0.4, -0.2) is 46.3 Å². The van der Waals surface area contributed by atoms with Crippen LogP contribution in [0, 0.1) is 5.41 Å². The molecule has 0 aliphatic carbocycles.